The van der Waals surface area contributed by atoms with E-state index in [0.29, 0.717) is 5.69 Å². The molecule has 1 N–H and O–H groups in total. The van der Waals surface area contributed by atoms with E-state index in [1.54, 1.807) is 6.08 Å². The Labute approximate surface area is 151 Å². The number of anilines is 2. The predicted molar refractivity (Wildman–Crippen MR) is 101 cm³/mol. The number of carbonyl (C=O) groups is 1. The third kappa shape index (κ3) is 4.27. The second-order valence-corrected chi connectivity index (χ2v) is 6.69. The van der Waals surface area contributed by atoms with Gasteiger partial charge in [-0.25, -0.2) is 0 Å². The van der Waals surface area contributed by atoms with Gasteiger partial charge in [-0.1, -0.05) is 0 Å². The van der Waals surface area contributed by atoms with Crippen molar-refractivity contribution < 1.29 is 9.53 Å². The third-order valence-corrected chi connectivity index (χ3v) is 5.01. The molecule has 3 rings (SSSR count). The van der Waals surface area contributed by atoms with Crippen molar-refractivity contribution in [3.05, 3.63) is 51.7 Å². The predicted octanol–water partition coefficient (Wildman–Crippen LogP) is 3.44. The highest BCUT2D eigenvalue weighted by Crippen LogP contribution is 2.21. The van der Waals surface area contributed by atoms with Gasteiger partial charge in [0.2, 0.25) is 0 Å². The highest BCUT2D eigenvalue weighted by atomic mass is 32.1. The van der Waals surface area contributed by atoms with Crippen LogP contribution in [0.3, 0.4) is 0 Å². The molecule has 6 heteroatoms. The molecule has 1 aromatic heterocycles. The van der Waals surface area contributed by atoms with Gasteiger partial charge in [-0.3, -0.25) is 4.79 Å². The van der Waals surface area contributed by atoms with Crippen LogP contribution in [0.4, 0.5) is 11.4 Å². The number of hydrogen-bond acceptors (Lipinski definition) is 5. The Morgan fingerprint density at radius 3 is 2.60 bits per heavy atom. The lowest BCUT2D eigenvalue weighted by Gasteiger charge is -2.28. The lowest BCUT2D eigenvalue weighted by atomic mass is 10.2. The SMILES string of the molecule is Cc1ccsc1C=C(C#N)C(=O)Nc1ccc(N2CCOCC2)cc1. The van der Waals surface area contributed by atoms with Gasteiger partial charge in [-0.05, 0) is 54.3 Å². The fourth-order valence-electron chi connectivity index (χ4n) is 2.59. The Balaban J connectivity index is 1.68. The van der Waals surface area contributed by atoms with Crippen LogP contribution in [0.15, 0.2) is 41.3 Å². The molecule has 0 radical (unpaired) electrons. The topological polar surface area (TPSA) is 65.4 Å². The summed E-state index contributed by atoms with van der Waals surface area (Å²) in [7, 11) is 0. The maximum atomic E-state index is 12.3. The molecule has 2 heterocycles. The summed E-state index contributed by atoms with van der Waals surface area (Å²) < 4.78 is 5.35. The highest BCUT2D eigenvalue weighted by Gasteiger charge is 2.13. The number of ether oxygens (including phenoxy) is 1. The van der Waals surface area contributed by atoms with Crippen molar-refractivity contribution in [2.75, 3.05) is 36.5 Å². The third-order valence-electron chi connectivity index (χ3n) is 4.04. The van der Waals surface area contributed by atoms with E-state index in [0.717, 1.165) is 42.4 Å². The number of thiophene rings is 1. The number of rotatable bonds is 4. The second-order valence-electron chi connectivity index (χ2n) is 5.74. The van der Waals surface area contributed by atoms with Crippen molar-refractivity contribution in [3.8, 4) is 6.07 Å². The number of carbonyl (C=O) groups excluding carboxylic acids is 1. The van der Waals surface area contributed by atoms with E-state index >= 15 is 0 Å². The van der Waals surface area contributed by atoms with Gasteiger partial charge in [0.15, 0.2) is 0 Å². The standard InChI is InChI=1S/C19H19N3O2S/c1-14-6-11-25-18(14)12-15(13-20)19(23)21-16-2-4-17(5-3-16)22-7-9-24-10-8-22/h2-6,11-12H,7-10H2,1H3,(H,21,23). The molecule has 25 heavy (non-hydrogen) atoms. The minimum absolute atomic E-state index is 0.0998. The van der Waals surface area contributed by atoms with Crippen molar-refractivity contribution in [1.29, 1.82) is 5.26 Å². The fraction of sp³-hybridized carbons (Fsp3) is 0.263. The smallest absolute Gasteiger partial charge is 0.266 e. The first-order valence-corrected chi connectivity index (χ1v) is 8.95. The summed E-state index contributed by atoms with van der Waals surface area (Å²) >= 11 is 1.51. The minimum Gasteiger partial charge on any atom is -0.378 e. The molecule has 1 aliphatic rings. The summed E-state index contributed by atoms with van der Waals surface area (Å²) in [5.41, 5.74) is 2.93. The first-order chi connectivity index (χ1) is 12.2. The number of nitriles is 1. The van der Waals surface area contributed by atoms with Gasteiger partial charge in [0, 0.05) is 29.3 Å². The van der Waals surface area contributed by atoms with E-state index in [1.807, 2.05) is 48.7 Å². The first-order valence-electron chi connectivity index (χ1n) is 8.07. The van der Waals surface area contributed by atoms with Gasteiger partial charge in [-0.15, -0.1) is 11.3 Å². The Morgan fingerprint density at radius 2 is 2.00 bits per heavy atom. The van der Waals surface area contributed by atoms with Gasteiger partial charge in [0.05, 0.1) is 13.2 Å². The zero-order chi connectivity index (χ0) is 17.6. The van der Waals surface area contributed by atoms with Crippen LogP contribution in [-0.2, 0) is 9.53 Å². The molecular weight excluding hydrogens is 334 g/mol. The van der Waals surface area contributed by atoms with Gasteiger partial charge < -0.3 is 15.0 Å². The van der Waals surface area contributed by atoms with Crippen molar-refractivity contribution in [3.63, 3.8) is 0 Å². The summed E-state index contributed by atoms with van der Waals surface area (Å²) in [5.74, 6) is -0.394. The molecule has 0 saturated carbocycles. The largest absolute Gasteiger partial charge is 0.378 e. The van der Waals surface area contributed by atoms with Gasteiger partial charge in [0.25, 0.3) is 5.91 Å². The van der Waals surface area contributed by atoms with Crippen LogP contribution >= 0.6 is 11.3 Å². The highest BCUT2D eigenvalue weighted by molar-refractivity contribution is 7.11. The Kier molecular flexibility index (Phi) is 5.49. The normalized spacial score (nSPS) is 14.9. The molecule has 0 unspecified atom stereocenters. The molecule has 128 valence electrons. The van der Waals surface area contributed by atoms with Crippen molar-refractivity contribution in [2.24, 2.45) is 0 Å². The fourth-order valence-corrected chi connectivity index (χ4v) is 3.45. The van der Waals surface area contributed by atoms with E-state index in [9.17, 15) is 10.1 Å². The lowest BCUT2D eigenvalue weighted by molar-refractivity contribution is -0.112. The van der Waals surface area contributed by atoms with E-state index in [2.05, 4.69) is 10.2 Å². The van der Waals surface area contributed by atoms with E-state index < -0.39 is 5.91 Å². The van der Waals surface area contributed by atoms with Crippen LogP contribution in [0.2, 0.25) is 0 Å². The number of amides is 1. The summed E-state index contributed by atoms with van der Waals surface area (Å²) in [5, 5.41) is 14.0. The quantitative estimate of drug-likeness (QED) is 0.675. The van der Waals surface area contributed by atoms with Crippen LogP contribution in [0.5, 0.6) is 0 Å². The number of hydrogen-bond donors (Lipinski definition) is 1. The van der Waals surface area contributed by atoms with Crippen molar-refractivity contribution in [2.45, 2.75) is 6.92 Å². The molecule has 1 saturated heterocycles. The van der Waals surface area contributed by atoms with Gasteiger partial charge in [-0.2, -0.15) is 5.26 Å². The van der Waals surface area contributed by atoms with Crippen LogP contribution in [0.1, 0.15) is 10.4 Å². The number of morpholine rings is 1. The van der Waals surface area contributed by atoms with Crippen molar-refractivity contribution >= 4 is 34.7 Å². The van der Waals surface area contributed by atoms with Crippen LogP contribution in [0.25, 0.3) is 6.08 Å². The molecule has 0 aliphatic carbocycles. The number of benzene rings is 1. The summed E-state index contributed by atoms with van der Waals surface area (Å²) in [6.07, 6.45) is 1.64. The summed E-state index contributed by atoms with van der Waals surface area (Å²) in [4.78, 5) is 15.5. The monoisotopic (exact) mass is 353 g/mol. The molecule has 0 bridgehead atoms. The molecule has 1 amide bonds. The molecule has 1 aliphatic heterocycles. The molecular formula is C19H19N3O2S. The Bertz CT molecular complexity index is 812. The van der Waals surface area contributed by atoms with Gasteiger partial charge >= 0.3 is 0 Å². The molecule has 5 nitrogen and oxygen atoms in total. The molecule has 1 fully saturated rings. The minimum atomic E-state index is -0.394. The van der Waals surface area contributed by atoms with E-state index in [1.165, 1.54) is 11.3 Å². The van der Waals surface area contributed by atoms with Crippen molar-refractivity contribution in [1.82, 2.24) is 0 Å². The van der Waals surface area contributed by atoms with Crippen LogP contribution in [-0.4, -0.2) is 32.2 Å². The molecule has 0 spiro atoms. The molecule has 0 atom stereocenters. The molecule has 1 aromatic carbocycles. The van der Waals surface area contributed by atoms with Crippen LogP contribution < -0.4 is 10.2 Å². The van der Waals surface area contributed by atoms with E-state index in [4.69, 9.17) is 4.74 Å². The van der Waals surface area contributed by atoms with E-state index in [-0.39, 0.29) is 5.57 Å². The zero-order valence-electron chi connectivity index (χ0n) is 14.0. The maximum Gasteiger partial charge on any atom is 0.266 e. The average Bonchev–Trinajstić information content (AvgIpc) is 3.05. The summed E-state index contributed by atoms with van der Waals surface area (Å²) in [6.45, 7) is 5.16. The Hall–Kier alpha value is -2.62. The number of aryl methyl sites for hydroxylation is 1. The van der Waals surface area contributed by atoms with Gasteiger partial charge in [0.1, 0.15) is 11.6 Å². The number of nitrogens with one attached hydrogen (secondary N) is 1. The first kappa shape index (κ1) is 17.2. The average molecular weight is 353 g/mol. The number of nitrogens with zero attached hydrogens (tertiary/aromatic N) is 2. The summed E-state index contributed by atoms with van der Waals surface area (Å²) in [6, 6.07) is 11.6. The Morgan fingerprint density at radius 1 is 1.28 bits per heavy atom. The second kappa shape index (κ2) is 7.97. The zero-order valence-corrected chi connectivity index (χ0v) is 14.8. The van der Waals surface area contributed by atoms with Crippen LogP contribution in [0, 0.1) is 18.3 Å². The molecule has 2 aromatic rings. The lowest BCUT2D eigenvalue weighted by Crippen LogP contribution is -2.36. The maximum absolute atomic E-state index is 12.3.